The molecular formula is C24H24N4O2. The zero-order valence-corrected chi connectivity index (χ0v) is 17.2. The normalized spacial score (nSPS) is 11.0. The van der Waals surface area contributed by atoms with Gasteiger partial charge in [-0.25, -0.2) is 9.67 Å². The van der Waals surface area contributed by atoms with E-state index in [0.717, 1.165) is 45.5 Å². The minimum atomic E-state index is -0.210. The number of carbonyl (C=O) groups excluding carboxylic acids is 1. The van der Waals surface area contributed by atoms with E-state index in [-0.39, 0.29) is 12.4 Å². The first-order chi connectivity index (χ1) is 14.7. The van der Waals surface area contributed by atoms with Crippen molar-refractivity contribution in [3.8, 4) is 22.4 Å². The van der Waals surface area contributed by atoms with Gasteiger partial charge in [0.2, 0.25) is 0 Å². The molecule has 6 nitrogen and oxygen atoms in total. The lowest BCUT2D eigenvalue weighted by atomic mass is 9.91. The molecule has 1 aromatic carbocycles. The topological polar surface area (TPSA) is 69.9 Å². The van der Waals surface area contributed by atoms with Gasteiger partial charge in [-0.3, -0.25) is 9.78 Å². The second kappa shape index (κ2) is 8.86. The Morgan fingerprint density at radius 3 is 2.53 bits per heavy atom. The first kappa shape index (κ1) is 19.8. The second-order valence-corrected chi connectivity index (χ2v) is 6.92. The van der Waals surface area contributed by atoms with Gasteiger partial charge in [-0.15, -0.1) is 0 Å². The van der Waals surface area contributed by atoms with Crippen molar-refractivity contribution in [3.05, 3.63) is 66.6 Å². The number of nitrogens with zero attached hydrogens (tertiary/aromatic N) is 4. The molecule has 0 fully saturated rings. The van der Waals surface area contributed by atoms with Crippen LogP contribution in [0.2, 0.25) is 0 Å². The molecule has 3 heterocycles. The van der Waals surface area contributed by atoms with Crippen molar-refractivity contribution in [2.45, 2.75) is 33.2 Å². The molecule has 4 aromatic rings. The number of benzene rings is 1. The Hall–Kier alpha value is -3.54. The van der Waals surface area contributed by atoms with Gasteiger partial charge in [-0.05, 0) is 31.9 Å². The predicted octanol–water partition coefficient (Wildman–Crippen LogP) is 4.68. The Kier molecular flexibility index (Phi) is 5.84. The van der Waals surface area contributed by atoms with Crippen LogP contribution < -0.4 is 0 Å². The van der Waals surface area contributed by atoms with Crippen molar-refractivity contribution in [3.63, 3.8) is 0 Å². The summed E-state index contributed by atoms with van der Waals surface area (Å²) in [5.74, 6) is -0.210. The molecule has 0 radical (unpaired) electrons. The van der Waals surface area contributed by atoms with Crippen molar-refractivity contribution in [1.29, 1.82) is 0 Å². The Morgan fingerprint density at radius 1 is 1.03 bits per heavy atom. The highest BCUT2D eigenvalue weighted by Gasteiger charge is 2.21. The summed E-state index contributed by atoms with van der Waals surface area (Å²) >= 11 is 0. The number of esters is 1. The minimum Gasteiger partial charge on any atom is -0.466 e. The van der Waals surface area contributed by atoms with E-state index in [0.29, 0.717) is 13.0 Å². The number of pyridine rings is 2. The molecule has 0 aliphatic heterocycles. The van der Waals surface area contributed by atoms with Crippen LogP contribution in [0.15, 0.2) is 61.1 Å². The average molecular weight is 400 g/mol. The molecule has 0 unspecified atom stereocenters. The van der Waals surface area contributed by atoms with E-state index in [1.165, 1.54) is 0 Å². The highest BCUT2D eigenvalue weighted by atomic mass is 16.5. The van der Waals surface area contributed by atoms with Crippen LogP contribution in [0.4, 0.5) is 0 Å². The summed E-state index contributed by atoms with van der Waals surface area (Å²) in [6.45, 7) is 4.97. The number of aromatic nitrogens is 4. The van der Waals surface area contributed by atoms with Crippen LogP contribution in [0, 0.1) is 0 Å². The van der Waals surface area contributed by atoms with Gasteiger partial charge >= 0.3 is 5.97 Å². The van der Waals surface area contributed by atoms with E-state index in [2.05, 4.69) is 17.0 Å². The second-order valence-electron chi connectivity index (χ2n) is 6.92. The van der Waals surface area contributed by atoms with Crippen LogP contribution in [0.1, 0.15) is 25.8 Å². The summed E-state index contributed by atoms with van der Waals surface area (Å²) in [4.78, 5) is 21.5. The lowest BCUT2D eigenvalue weighted by Crippen LogP contribution is -2.08. The maximum atomic E-state index is 12.2. The van der Waals surface area contributed by atoms with Gasteiger partial charge in [0.25, 0.3) is 0 Å². The molecule has 3 aromatic heterocycles. The summed E-state index contributed by atoms with van der Waals surface area (Å²) in [5, 5.41) is 5.50. The van der Waals surface area contributed by atoms with E-state index in [9.17, 15) is 4.79 Å². The third-order valence-electron chi connectivity index (χ3n) is 5.07. The van der Waals surface area contributed by atoms with E-state index < -0.39 is 0 Å². The SMILES string of the molecule is CCOC(=O)CCc1c(-c2ccccc2)nc2c(cnn2CC)c1-c1cccnc1. The fourth-order valence-electron chi connectivity index (χ4n) is 3.74. The molecule has 0 saturated carbocycles. The fourth-order valence-corrected chi connectivity index (χ4v) is 3.74. The van der Waals surface area contributed by atoms with E-state index >= 15 is 0 Å². The smallest absolute Gasteiger partial charge is 0.306 e. The third-order valence-corrected chi connectivity index (χ3v) is 5.07. The number of rotatable bonds is 7. The molecule has 0 atom stereocenters. The standard InChI is InChI=1S/C24H24N4O2/c1-3-28-24-20(16-26-28)22(18-11-8-14-25-15-18)19(12-13-21(29)30-4-2)23(27-24)17-9-6-5-7-10-17/h5-11,14-16H,3-4,12-13H2,1-2H3. The van der Waals surface area contributed by atoms with Crippen LogP contribution in [0.25, 0.3) is 33.4 Å². The van der Waals surface area contributed by atoms with Gasteiger partial charge in [0, 0.05) is 47.4 Å². The number of fused-ring (bicyclic) bond motifs is 1. The molecule has 152 valence electrons. The summed E-state index contributed by atoms with van der Waals surface area (Å²) in [5.41, 5.74) is 5.71. The Labute approximate surface area is 175 Å². The van der Waals surface area contributed by atoms with Crippen molar-refractivity contribution >= 4 is 17.0 Å². The summed E-state index contributed by atoms with van der Waals surface area (Å²) in [6, 6.07) is 14.0. The fraction of sp³-hybridized carbons (Fsp3) is 0.250. The molecule has 0 amide bonds. The Morgan fingerprint density at radius 2 is 1.83 bits per heavy atom. The van der Waals surface area contributed by atoms with Gasteiger partial charge in [-0.1, -0.05) is 36.4 Å². The van der Waals surface area contributed by atoms with Crippen molar-refractivity contribution in [1.82, 2.24) is 19.7 Å². The maximum Gasteiger partial charge on any atom is 0.306 e. The monoisotopic (exact) mass is 400 g/mol. The van der Waals surface area contributed by atoms with Crippen LogP contribution in [0.5, 0.6) is 0 Å². The summed E-state index contributed by atoms with van der Waals surface area (Å²) < 4.78 is 7.08. The molecule has 4 rings (SSSR count). The molecule has 6 heteroatoms. The highest BCUT2D eigenvalue weighted by Crippen LogP contribution is 2.37. The lowest BCUT2D eigenvalue weighted by Gasteiger charge is -2.16. The van der Waals surface area contributed by atoms with E-state index in [4.69, 9.17) is 9.72 Å². The number of ether oxygens (including phenoxy) is 1. The van der Waals surface area contributed by atoms with Crippen molar-refractivity contribution < 1.29 is 9.53 Å². The van der Waals surface area contributed by atoms with Gasteiger partial charge < -0.3 is 4.74 Å². The first-order valence-electron chi connectivity index (χ1n) is 10.2. The van der Waals surface area contributed by atoms with Crippen LogP contribution in [-0.4, -0.2) is 32.3 Å². The molecular weight excluding hydrogens is 376 g/mol. The highest BCUT2D eigenvalue weighted by molar-refractivity contribution is 5.97. The maximum absolute atomic E-state index is 12.2. The van der Waals surface area contributed by atoms with Crippen LogP contribution >= 0.6 is 0 Å². The largest absolute Gasteiger partial charge is 0.466 e. The van der Waals surface area contributed by atoms with Crippen LogP contribution in [0.3, 0.4) is 0 Å². The quantitative estimate of drug-likeness (QED) is 0.422. The third kappa shape index (κ3) is 3.81. The van der Waals surface area contributed by atoms with Crippen molar-refractivity contribution in [2.75, 3.05) is 6.61 Å². The molecule has 0 aliphatic rings. The lowest BCUT2D eigenvalue weighted by molar-refractivity contribution is -0.143. The zero-order valence-electron chi connectivity index (χ0n) is 17.2. The van der Waals surface area contributed by atoms with Crippen molar-refractivity contribution in [2.24, 2.45) is 0 Å². The first-order valence-corrected chi connectivity index (χ1v) is 10.2. The minimum absolute atomic E-state index is 0.210. The Balaban J connectivity index is 1.99. The molecule has 0 spiro atoms. The molecule has 0 aliphatic carbocycles. The molecule has 30 heavy (non-hydrogen) atoms. The van der Waals surface area contributed by atoms with E-state index in [1.807, 2.05) is 66.5 Å². The van der Waals surface area contributed by atoms with Gasteiger partial charge in [0.1, 0.15) is 0 Å². The van der Waals surface area contributed by atoms with Crippen LogP contribution in [-0.2, 0) is 22.5 Å². The number of carbonyl (C=O) groups is 1. The summed E-state index contributed by atoms with van der Waals surface area (Å²) in [6.07, 6.45) is 6.27. The molecule has 0 N–H and O–H groups in total. The number of hydrogen-bond donors (Lipinski definition) is 0. The van der Waals surface area contributed by atoms with E-state index in [1.54, 1.807) is 6.20 Å². The molecule has 0 saturated heterocycles. The predicted molar refractivity (Wildman–Crippen MR) is 117 cm³/mol. The number of aryl methyl sites for hydroxylation is 1. The average Bonchev–Trinajstić information content (AvgIpc) is 3.20. The molecule has 0 bridgehead atoms. The zero-order chi connectivity index (χ0) is 20.9. The summed E-state index contributed by atoms with van der Waals surface area (Å²) in [7, 11) is 0. The van der Waals surface area contributed by atoms with Gasteiger partial charge in [0.15, 0.2) is 5.65 Å². The van der Waals surface area contributed by atoms with Gasteiger partial charge in [0.05, 0.1) is 18.5 Å². The Bertz CT molecular complexity index is 1150. The number of hydrogen-bond acceptors (Lipinski definition) is 5. The van der Waals surface area contributed by atoms with Gasteiger partial charge in [-0.2, -0.15) is 5.10 Å².